The Labute approximate surface area is 136 Å². The lowest BCUT2D eigenvalue weighted by molar-refractivity contribution is -0.130. The highest BCUT2D eigenvalue weighted by molar-refractivity contribution is 6.01. The molecule has 2 rings (SSSR count). The summed E-state index contributed by atoms with van der Waals surface area (Å²) in [5.41, 5.74) is 1.13. The Morgan fingerprint density at radius 3 is 2.43 bits per heavy atom. The summed E-state index contributed by atoms with van der Waals surface area (Å²) < 4.78 is 0. The molecule has 6 heteroatoms. The van der Waals surface area contributed by atoms with E-state index >= 15 is 0 Å². The lowest BCUT2D eigenvalue weighted by Crippen LogP contribution is -2.50. The van der Waals surface area contributed by atoms with E-state index in [0.717, 1.165) is 5.56 Å². The minimum Gasteiger partial charge on any atom is -0.335 e. The van der Waals surface area contributed by atoms with Crippen molar-refractivity contribution in [3.8, 4) is 6.07 Å². The molecule has 0 aromatic heterocycles. The number of nitriles is 1. The molecule has 1 N–H and O–H groups in total. The highest BCUT2D eigenvalue weighted by Crippen LogP contribution is 2.10. The topological polar surface area (TPSA) is 76.4 Å². The Bertz CT molecular complexity index is 626. The maximum absolute atomic E-state index is 12.7. The van der Waals surface area contributed by atoms with Crippen LogP contribution in [0.5, 0.6) is 0 Å². The summed E-state index contributed by atoms with van der Waals surface area (Å²) in [5, 5.41) is 11.3. The molecule has 1 aromatic carbocycles. The van der Waals surface area contributed by atoms with Gasteiger partial charge in [0.1, 0.15) is 5.70 Å². The van der Waals surface area contributed by atoms with Gasteiger partial charge in [-0.2, -0.15) is 5.26 Å². The molecule has 0 atom stereocenters. The maximum atomic E-state index is 12.7. The number of nitrogens with one attached hydrogen (secondary N) is 1. The summed E-state index contributed by atoms with van der Waals surface area (Å²) in [6.45, 7) is 4.19. The second-order valence-electron chi connectivity index (χ2n) is 5.38. The third-order valence-electron chi connectivity index (χ3n) is 3.61. The van der Waals surface area contributed by atoms with Gasteiger partial charge in [0, 0.05) is 33.1 Å². The second kappa shape index (κ2) is 8.11. The average Bonchev–Trinajstić information content (AvgIpc) is 2.55. The van der Waals surface area contributed by atoms with E-state index in [1.807, 2.05) is 35.2 Å². The molecule has 0 spiro atoms. The molecular formula is C17H20N4O2. The monoisotopic (exact) mass is 312 g/mol. The van der Waals surface area contributed by atoms with Crippen LogP contribution in [0.1, 0.15) is 12.5 Å². The molecule has 1 aliphatic rings. The predicted octanol–water partition coefficient (Wildman–Crippen LogP) is 0.831. The van der Waals surface area contributed by atoms with Gasteiger partial charge in [0.2, 0.25) is 5.91 Å². The van der Waals surface area contributed by atoms with Crippen LogP contribution in [0.25, 0.3) is 6.08 Å². The van der Waals surface area contributed by atoms with Crippen LogP contribution in [0, 0.1) is 11.3 Å². The molecule has 0 bridgehead atoms. The van der Waals surface area contributed by atoms with Gasteiger partial charge < -0.3 is 10.2 Å². The van der Waals surface area contributed by atoms with E-state index in [1.165, 1.54) is 6.92 Å². The van der Waals surface area contributed by atoms with Crippen LogP contribution < -0.4 is 5.32 Å². The summed E-state index contributed by atoms with van der Waals surface area (Å²) >= 11 is 0. The fourth-order valence-electron chi connectivity index (χ4n) is 2.44. The number of carbonyl (C=O) groups is 2. The molecule has 0 radical (unpaired) electrons. The van der Waals surface area contributed by atoms with E-state index in [1.54, 1.807) is 11.0 Å². The molecule has 1 aliphatic heterocycles. The fourth-order valence-corrected chi connectivity index (χ4v) is 2.44. The highest BCUT2D eigenvalue weighted by atomic mass is 16.2. The van der Waals surface area contributed by atoms with Gasteiger partial charge in [0.25, 0.3) is 5.91 Å². The molecule has 0 saturated carbocycles. The zero-order valence-electron chi connectivity index (χ0n) is 13.2. The van der Waals surface area contributed by atoms with Crippen LogP contribution in [0.3, 0.4) is 0 Å². The van der Waals surface area contributed by atoms with Crippen molar-refractivity contribution in [1.82, 2.24) is 15.1 Å². The molecular weight excluding hydrogens is 292 g/mol. The first-order valence-corrected chi connectivity index (χ1v) is 7.53. The van der Waals surface area contributed by atoms with Gasteiger partial charge in [-0.15, -0.1) is 0 Å². The summed E-state index contributed by atoms with van der Waals surface area (Å²) in [5.74, 6) is -0.468. The van der Waals surface area contributed by atoms with Crippen molar-refractivity contribution in [2.75, 3.05) is 32.7 Å². The molecule has 120 valence electrons. The highest BCUT2D eigenvalue weighted by Gasteiger charge is 2.24. The number of amides is 2. The molecule has 23 heavy (non-hydrogen) atoms. The lowest BCUT2D eigenvalue weighted by Gasteiger charge is -2.33. The molecule has 1 fully saturated rings. The maximum Gasteiger partial charge on any atom is 0.270 e. The molecule has 1 heterocycles. The van der Waals surface area contributed by atoms with E-state index in [2.05, 4.69) is 11.4 Å². The van der Waals surface area contributed by atoms with Gasteiger partial charge in [-0.1, -0.05) is 30.3 Å². The second-order valence-corrected chi connectivity index (χ2v) is 5.38. The number of carbonyl (C=O) groups excluding carboxylic acids is 2. The van der Waals surface area contributed by atoms with E-state index in [-0.39, 0.29) is 17.5 Å². The van der Waals surface area contributed by atoms with Crippen molar-refractivity contribution in [3.05, 3.63) is 41.6 Å². The molecule has 0 unspecified atom stereocenters. The van der Waals surface area contributed by atoms with E-state index in [9.17, 15) is 9.59 Å². The number of hydrogen-bond acceptors (Lipinski definition) is 4. The van der Waals surface area contributed by atoms with Crippen LogP contribution in [0.2, 0.25) is 0 Å². The fraction of sp³-hybridized carbons (Fsp3) is 0.353. The van der Waals surface area contributed by atoms with Gasteiger partial charge in [-0.3, -0.25) is 14.5 Å². The lowest BCUT2D eigenvalue weighted by atomic mass is 10.1. The van der Waals surface area contributed by atoms with Crippen molar-refractivity contribution >= 4 is 17.9 Å². The van der Waals surface area contributed by atoms with E-state index in [4.69, 9.17) is 5.26 Å². The first kappa shape index (κ1) is 16.7. The Balaban J connectivity index is 2.10. The van der Waals surface area contributed by atoms with Crippen molar-refractivity contribution in [2.24, 2.45) is 0 Å². The third-order valence-corrected chi connectivity index (χ3v) is 3.61. The zero-order chi connectivity index (χ0) is 16.7. The summed E-state index contributed by atoms with van der Waals surface area (Å²) in [7, 11) is 0. The number of rotatable bonds is 4. The van der Waals surface area contributed by atoms with E-state index in [0.29, 0.717) is 32.7 Å². The Kier molecular flexibility index (Phi) is 5.89. The van der Waals surface area contributed by atoms with Gasteiger partial charge >= 0.3 is 0 Å². The Hall–Kier alpha value is -2.65. The van der Waals surface area contributed by atoms with Crippen LogP contribution in [-0.4, -0.2) is 54.3 Å². The predicted molar refractivity (Wildman–Crippen MR) is 86.9 cm³/mol. The summed E-state index contributed by atoms with van der Waals surface area (Å²) in [4.78, 5) is 27.8. The average molecular weight is 312 g/mol. The smallest absolute Gasteiger partial charge is 0.270 e. The minimum atomic E-state index is -0.274. The summed E-state index contributed by atoms with van der Waals surface area (Å²) in [6, 6.07) is 11.5. The molecule has 6 nitrogen and oxygen atoms in total. The number of nitrogens with zero attached hydrogens (tertiary/aromatic N) is 3. The minimum absolute atomic E-state index is 0.194. The molecule has 2 amide bonds. The molecule has 0 aliphatic carbocycles. The quantitative estimate of drug-likeness (QED) is 0.660. The van der Waals surface area contributed by atoms with Gasteiger partial charge in [0.15, 0.2) is 0 Å². The van der Waals surface area contributed by atoms with Crippen LogP contribution in [0.15, 0.2) is 36.0 Å². The van der Waals surface area contributed by atoms with Crippen LogP contribution in [0.4, 0.5) is 0 Å². The Morgan fingerprint density at radius 2 is 1.87 bits per heavy atom. The summed E-state index contributed by atoms with van der Waals surface area (Å²) in [6.07, 6.45) is 1.69. The van der Waals surface area contributed by atoms with Crippen molar-refractivity contribution in [2.45, 2.75) is 6.92 Å². The van der Waals surface area contributed by atoms with Gasteiger partial charge in [0.05, 0.1) is 12.6 Å². The third kappa shape index (κ3) is 4.94. The van der Waals surface area contributed by atoms with Gasteiger partial charge in [-0.05, 0) is 11.6 Å². The number of hydrogen-bond donors (Lipinski definition) is 1. The normalized spacial score (nSPS) is 15.8. The van der Waals surface area contributed by atoms with Crippen molar-refractivity contribution < 1.29 is 9.59 Å². The van der Waals surface area contributed by atoms with Crippen molar-refractivity contribution in [1.29, 1.82) is 5.26 Å². The Morgan fingerprint density at radius 1 is 1.22 bits per heavy atom. The first-order valence-electron chi connectivity index (χ1n) is 7.53. The first-order chi connectivity index (χ1) is 11.1. The van der Waals surface area contributed by atoms with E-state index < -0.39 is 0 Å². The SMILES string of the molecule is CC(=O)N/C(=C/c1ccccc1)C(=O)N1CCN(CC#N)CC1. The largest absolute Gasteiger partial charge is 0.335 e. The number of piperazine rings is 1. The number of benzene rings is 1. The zero-order valence-corrected chi connectivity index (χ0v) is 13.2. The van der Waals surface area contributed by atoms with Gasteiger partial charge in [-0.25, -0.2) is 0 Å². The standard InChI is InChI=1S/C17H20N4O2/c1-14(22)19-16(13-15-5-3-2-4-6-15)17(23)21-11-9-20(8-7-18)10-12-21/h2-6,13H,8-12H2,1H3,(H,19,22)/b16-13+. The molecule has 1 aromatic rings. The molecule has 1 saturated heterocycles. The van der Waals surface area contributed by atoms with Crippen LogP contribution >= 0.6 is 0 Å². The van der Waals surface area contributed by atoms with Crippen molar-refractivity contribution in [3.63, 3.8) is 0 Å². The van der Waals surface area contributed by atoms with Crippen LogP contribution in [-0.2, 0) is 9.59 Å².